The van der Waals surface area contributed by atoms with Gasteiger partial charge in [-0.3, -0.25) is 4.57 Å². The van der Waals surface area contributed by atoms with Crippen LogP contribution in [0.1, 0.15) is 66.7 Å². The van der Waals surface area contributed by atoms with Crippen LogP contribution in [-0.4, -0.2) is 22.4 Å². The van der Waals surface area contributed by atoms with Crippen LogP contribution < -0.4 is 0 Å². The molecule has 0 aromatic heterocycles. The van der Waals surface area contributed by atoms with Crippen molar-refractivity contribution in [1.29, 1.82) is 0 Å². The molecule has 2 N–H and O–H groups in total. The van der Waals surface area contributed by atoms with Gasteiger partial charge in [0.05, 0.1) is 6.61 Å². The molecule has 0 fully saturated rings. The van der Waals surface area contributed by atoms with Gasteiger partial charge in [0, 0.05) is 0 Å². The van der Waals surface area contributed by atoms with Gasteiger partial charge in [0.15, 0.2) is 0 Å². The Kier molecular flexibility index (Phi) is 11.7. The van der Waals surface area contributed by atoms with E-state index in [2.05, 4.69) is 32.9 Å². The van der Waals surface area contributed by atoms with Crippen LogP contribution in [0.3, 0.4) is 0 Å². The molecule has 25 heavy (non-hydrogen) atoms. The number of hydrogen-bond acceptors (Lipinski definition) is 3. The molecular weight excluding hydrogens is 339 g/mol. The first-order chi connectivity index (χ1) is 11.6. The lowest BCUT2D eigenvalue weighted by Crippen LogP contribution is -2.08. The minimum Gasteiger partial charge on any atom is -0.462 e. The molecule has 0 aliphatic carbocycles. The molecule has 1 atom stereocenters. The Morgan fingerprint density at radius 2 is 1.76 bits per heavy atom. The van der Waals surface area contributed by atoms with Gasteiger partial charge in [-0.1, -0.05) is 36.3 Å². The van der Waals surface area contributed by atoms with Crippen LogP contribution in [0.15, 0.2) is 34.7 Å². The second-order valence-electron chi connectivity index (χ2n) is 6.64. The lowest BCUT2D eigenvalue weighted by Gasteiger charge is -2.11. The topological polar surface area (TPSA) is 83.8 Å². The van der Waals surface area contributed by atoms with Crippen molar-refractivity contribution in [3.8, 4) is 0 Å². The molecule has 0 saturated carbocycles. The molecule has 0 spiro atoms. The van der Waals surface area contributed by atoms with Crippen molar-refractivity contribution in [3.05, 3.63) is 34.7 Å². The minimum absolute atomic E-state index is 0.0859. The van der Waals surface area contributed by atoms with Crippen molar-refractivity contribution in [2.24, 2.45) is 5.92 Å². The SMILES string of the molecule is CCOC(=O)/C(=C\CC(C)CCC=C(C)CCC=C(C)C)P(=O)(O)O. The number of carbonyl (C=O) groups is 1. The molecule has 0 amide bonds. The van der Waals surface area contributed by atoms with E-state index in [-0.39, 0.29) is 12.5 Å². The van der Waals surface area contributed by atoms with E-state index >= 15 is 0 Å². The number of rotatable bonds is 11. The number of allylic oxidation sites excluding steroid dienone is 5. The van der Waals surface area contributed by atoms with Gasteiger partial charge in [-0.25, -0.2) is 4.79 Å². The van der Waals surface area contributed by atoms with E-state index in [1.165, 1.54) is 17.2 Å². The maximum Gasteiger partial charge on any atom is 0.363 e. The summed E-state index contributed by atoms with van der Waals surface area (Å²) in [6.45, 7) is 10.0. The van der Waals surface area contributed by atoms with Gasteiger partial charge < -0.3 is 14.5 Å². The summed E-state index contributed by atoms with van der Waals surface area (Å²) in [5.41, 5.74) is 2.68. The van der Waals surface area contributed by atoms with Crippen molar-refractivity contribution < 1.29 is 23.9 Å². The van der Waals surface area contributed by atoms with Gasteiger partial charge in [-0.2, -0.15) is 0 Å². The average molecular weight is 372 g/mol. The summed E-state index contributed by atoms with van der Waals surface area (Å²) in [6, 6.07) is 0. The predicted molar refractivity (Wildman–Crippen MR) is 102 cm³/mol. The Balaban J connectivity index is 4.52. The van der Waals surface area contributed by atoms with E-state index in [9.17, 15) is 19.1 Å². The molecule has 0 aromatic carbocycles. The summed E-state index contributed by atoms with van der Waals surface area (Å²) in [6.07, 6.45) is 10.1. The first-order valence-corrected chi connectivity index (χ1v) is 10.4. The zero-order valence-corrected chi connectivity index (χ0v) is 17.0. The Labute approximate surface area is 152 Å². The molecule has 0 heterocycles. The third-order valence-corrected chi connectivity index (χ3v) is 4.75. The Morgan fingerprint density at radius 3 is 2.28 bits per heavy atom. The van der Waals surface area contributed by atoms with Gasteiger partial charge in [-0.05, 0) is 65.7 Å². The molecule has 0 aliphatic rings. The van der Waals surface area contributed by atoms with Crippen molar-refractivity contribution >= 4 is 13.6 Å². The zero-order chi connectivity index (χ0) is 19.5. The summed E-state index contributed by atoms with van der Waals surface area (Å²) in [5, 5.41) is -0.533. The lowest BCUT2D eigenvalue weighted by atomic mass is 10.00. The van der Waals surface area contributed by atoms with Crippen molar-refractivity contribution in [2.75, 3.05) is 6.61 Å². The van der Waals surface area contributed by atoms with Gasteiger partial charge in [0.2, 0.25) is 0 Å². The molecule has 1 unspecified atom stereocenters. The average Bonchev–Trinajstić information content (AvgIpc) is 2.45. The first kappa shape index (κ1) is 23.8. The summed E-state index contributed by atoms with van der Waals surface area (Å²) < 4.78 is 16.1. The van der Waals surface area contributed by atoms with E-state index in [1.54, 1.807) is 6.92 Å². The van der Waals surface area contributed by atoms with E-state index in [0.717, 1.165) is 25.7 Å². The lowest BCUT2D eigenvalue weighted by molar-refractivity contribution is -0.137. The molecule has 144 valence electrons. The molecule has 6 heteroatoms. The molecule has 0 bridgehead atoms. The highest BCUT2D eigenvalue weighted by Crippen LogP contribution is 2.45. The minimum atomic E-state index is -4.61. The highest BCUT2D eigenvalue weighted by molar-refractivity contribution is 7.58. The maximum absolute atomic E-state index is 11.7. The Morgan fingerprint density at radius 1 is 1.12 bits per heavy atom. The summed E-state index contributed by atoms with van der Waals surface area (Å²) >= 11 is 0. The van der Waals surface area contributed by atoms with Crippen LogP contribution in [0.4, 0.5) is 0 Å². The smallest absolute Gasteiger partial charge is 0.363 e. The molecular formula is C19H33O5P. The largest absolute Gasteiger partial charge is 0.462 e. The Hall–Kier alpha value is -1.16. The Bertz CT molecular complexity index is 550. The van der Waals surface area contributed by atoms with Gasteiger partial charge in [0.1, 0.15) is 5.31 Å². The maximum atomic E-state index is 11.7. The molecule has 5 nitrogen and oxygen atoms in total. The zero-order valence-electron chi connectivity index (χ0n) is 16.1. The fraction of sp³-hybridized carbons (Fsp3) is 0.632. The number of ether oxygens (including phenoxy) is 1. The van der Waals surface area contributed by atoms with Crippen LogP contribution >= 0.6 is 7.60 Å². The fourth-order valence-electron chi connectivity index (χ4n) is 2.26. The van der Waals surface area contributed by atoms with Gasteiger partial charge in [-0.15, -0.1) is 0 Å². The third-order valence-electron chi connectivity index (χ3n) is 3.76. The fourth-order valence-corrected chi connectivity index (χ4v) is 2.91. The monoisotopic (exact) mass is 372 g/mol. The van der Waals surface area contributed by atoms with Crippen molar-refractivity contribution in [1.82, 2.24) is 0 Å². The molecule has 0 rings (SSSR count). The molecule has 0 radical (unpaired) electrons. The summed E-state index contributed by atoms with van der Waals surface area (Å²) in [5.74, 6) is -0.712. The highest BCUT2D eigenvalue weighted by Gasteiger charge is 2.29. The van der Waals surface area contributed by atoms with Crippen LogP contribution in [0.2, 0.25) is 0 Å². The third kappa shape index (κ3) is 11.9. The van der Waals surface area contributed by atoms with E-state index < -0.39 is 18.9 Å². The van der Waals surface area contributed by atoms with E-state index in [4.69, 9.17) is 4.74 Å². The molecule has 0 aliphatic heterocycles. The quantitative estimate of drug-likeness (QED) is 0.228. The normalized spacial score (nSPS) is 14.2. The number of hydrogen-bond donors (Lipinski definition) is 2. The summed E-state index contributed by atoms with van der Waals surface area (Å²) in [4.78, 5) is 30.2. The van der Waals surface area contributed by atoms with Gasteiger partial charge in [0.25, 0.3) is 0 Å². The van der Waals surface area contributed by atoms with Crippen LogP contribution in [-0.2, 0) is 14.1 Å². The predicted octanol–water partition coefficient (Wildman–Crippen LogP) is 5.11. The van der Waals surface area contributed by atoms with Crippen molar-refractivity contribution in [3.63, 3.8) is 0 Å². The summed E-state index contributed by atoms with van der Waals surface area (Å²) in [7, 11) is -4.61. The van der Waals surface area contributed by atoms with Crippen LogP contribution in [0, 0.1) is 5.92 Å². The van der Waals surface area contributed by atoms with E-state index in [0.29, 0.717) is 6.42 Å². The second-order valence-corrected chi connectivity index (χ2v) is 8.21. The highest BCUT2D eigenvalue weighted by atomic mass is 31.2. The number of esters is 1. The van der Waals surface area contributed by atoms with Crippen LogP contribution in [0.25, 0.3) is 0 Å². The van der Waals surface area contributed by atoms with Crippen LogP contribution in [0.5, 0.6) is 0 Å². The molecule has 0 saturated heterocycles. The standard InChI is InChI=1S/C19H33O5P/c1-6-24-19(20)18(25(21,22)23)14-13-17(5)12-8-11-16(4)10-7-9-15(2)3/h9,11,14,17H,6-8,10,12-13H2,1-5H3,(H2,21,22,23)/b16-11?,18-14+. The molecule has 0 aromatic rings. The van der Waals surface area contributed by atoms with Gasteiger partial charge >= 0.3 is 13.6 Å². The second kappa shape index (κ2) is 12.2. The van der Waals surface area contributed by atoms with E-state index in [1.807, 2.05) is 6.92 Å². The first-order valence-electron chi connectivity index (χ1n) is 8.80. The number of carbonyl (C=O) groups excluding carboxylic acids is 1. The van der Waals surface area contributed by atoms with Crippen molar-refractivity contribution in [2.45, 2.75) is 66.7 Å².